The molecule has 0 unspecified atom stereocenters. The Kier molecular flexibility index (Phi) is 5.77. The number of anilines is 1. The van der Waals surface area contributed by atoms with Crippen molar-refractivity contribution in [1.29, 1.82) is 0 Å². The van der Waals surface area contributed by atoms with Crippen LogP contribution >= 0.6 is 0 Å². The lowest BCUT2D eigenvalue weighted by atomic mass is 10.0. The number of hydrogen-bond donors (Lipinski definition) is 1. The molecule has 23 heavy (non-hydrogen) atoms. The first-order chi connectivity index (χ1) is 11.0. The molecule has 0 aliphatic rings. The number of nitrogens with one attached hydrogen (secondary N) is 1. The maximum atomic E-state index is 12.2. The fraction of sp³-hybridized carbons (Fsp3) is 0.316. The topological polar surface area (TPSA) is 35.6 Å². The lowest BCUT2D eigenvalue weighted by Crippen LogP contribution is -2.34. The SMILES string of the molecule is CN(C)c1ccc([C@H](CNC(=O)c2ccccc2)N(C)C)cc1. The van der Waals surface area contributed by atoms with Crippen LogP contribution in [-0.2, 0) is 0 Å². The molecule has 0 heterocycles. The summed E-state index contributed by atoms with van der Waals surface area (Å²) in [6.07, 6.45) is 0. The molecule has 0 aliphatic carbocycles. The van der Waals surface area contributed by atoms with Crippen molar-refractivity contribution in [2.75, 3.05) is 39.6 Å². The van der Waals surface area contributed by atoms with Gasteiger partial charge in [0.15, 0.2) is 0 Å². The van der Waals surface area contributed by atoms with Crippen molar-refractivity contribution >= 4 is 11.6 Å². The van der Waals surface area contributed by atoms with Gasteiger partial charge in [0.1, 0.15) is 0 Å². The minimum Gasteiger partial charge on any atom is -0.378 e. The van der Waals surface area contributed by atoms with Gasteiger partial charge in [0.25, 0.3) is 5.91 Å². The Morgan fingerprint density at radius 2 is 1.57 bits per heavy atom. The summed E-state index contributed by atoms with van der Waals surface area (Å²) in [5.41, 5.74) is 3.04. The first kappa shape index (κ1) is 17.0. The Morgan fingerprint density at radius 3 is 2.09 bits per heavy atom. The largest absolute Gasteiger partial charge is 0.378 e. The molecule has 0 aromatic heterocycles. The van der Waals surface area contributed by atoms with E-state index in [0.717, 1.165) is 0 Å². The zero-order chi connectivity index (χ0) is 16.8. The summed E-state index contributed by atoms with van der Waals surface area (Å²) in [4.78, 5) is 16.4. The van der Waals surface area contributed by atoms with Gasteiger partial charge < -0.3 is 15.1 Å². The number of amides is 1. The zero-order valence-corrected chi connectivity index (χ0v) is 14.3. The fourth-order valence-corrected chi connectivity index (χ4v) is 2.47. The summed E-state index contributed by atoms with van der Waals surface area (Å²) in [6, 6.07) is 17.9. The first-order valence-electron chi connectivity index (χ1n) is 7.76. The van der Waals surface area contributed by atoms with Gasteiger partial charge in [-0.05, 0) is 43.9 Å². The number of likely N-dealkylation sites (N-methyl/N-ethyl adjacent to an activating group) is 1. The summed E-state index contributed by atoms with van der Waals surface area (Å²) in [5.74, 6) is -0.0395. The highest BCUT2D eigenvalue weighted by molar-refractivity contribution is 5.94. The Labute approximate surface area is 138 Å². The number of benzene rings is 2. The van der Waals surface area contributed by atoms with Gasteiger partial charge in [-0.15, -0.1) is 0 Å². The Morgan fingerprint density at radius 1 is 0.957 bits per heavy atom. The van der Waals surface area contributed by atoms with Gasteiger partial charge in [-0.2, -0.15) is 0 Å². The molecule has 2 rings (SSSR count). The molecular formula is C19H25N3O. The second kappa shape index (κ2) is 7.79. The van der Waals surface area contributed by atoms with Crippen LogP contribution < -0.4 is 10.2 Å². The van der Waals surface area contributed by atoms with E-state index in [1.165, 1.54) is 11.3 Å². The molecule has 0 saturated carbocycles. The number of carbonyl (C=O) groups is 1. The lowest BCUT2D eigenvalue weighted by molar-refractivity contribution is 0.0942. The summed E-state index contributed by atoms with van der Waals surface area (Å²) >= 11 is 0. The van der Waals surface area contributed by atoms with Gasteiger partial charge in [-0.1, -0.05) is 30.3 Å². The quantitative estimate of drug-likeness (QED) is 0.891. The minimum atomic E-state index is -0.0395. The van der Waals surface area contributed by atoms with E-state index in [1.54, 1.807) is 0 Å². The molecule has 0 aliphatic heterocycles. The Balaban J connectivity index is 2.05. The third-order valence-electron chi connectivity index (χ3n) is 3.91. The summed E-state index contributed by atoms with van der Waals surface area (Å²) in [5, 5.41) is 3.03. The molecule has 4 heteroatoms. The van der Waals surface area contributed by atoms with Crippen molar-refractivity contribution in [3.8, 4) is 0 Å². The number of hydrogen-bond acceptors (Lipinski definition) is 3. The van der Waals surface area contributed by atoms with E-state index in [0.29, 0.717) is 12.1 Å². The average Bonchev–Trinajstić information content (AvgIpc) is 2.55. The van der Waals surface area contributed by atoms with Gasteiger partial charge in [0, 0.05) is 31.9 Å². The van der Waals surface area contributed by atoms with Crippen LogP contribution in [0.4, 0.5) is 5.69 Å². The monoisotopic (exact) mass is 311 g/mol. The fourth-order valence-electron chi connectivity index (χ4n) is 2.47. The third-order valence-corrected chi connectivity index (χ3v) is 3.91. The minimum absolute atomic E-state index is 0.0395. The van der Waals surface area contributed by atoms with Crippen molar-refractivity contribution < 1.29 is 4.79 Å². The normalized spacial score (nSPS) is 12.0. The van der Waals surface area contributed by atoms with Crippen molar-refractivity contribution in [3.63, 3.8) is 0 Å². The predicted molar refractivity (Wildman–Crippen MR) is 96.0 cm³/mol. The summed E-state index contributed by atoms with van der Waals surface area (Å²) in [7, 11) is 8.11. The van der Waals surface area contributed by atoms with E-state index < -0.39 is 0 Å². The molecule has 0 radical (unpaired) electrons. The highest BCUT2D eigenvalue weighted by Gasteiger charge is 2.16. The molecule has 2 aromatic rings. The molecule has 0 saturated heterocycles. The van der Waals surface area contributed by atoms with Gasteiger partial charge in [0.05, 0.1) is 6.04 Å². The highest BCUT2D eigenvalue weighted by Crippen LogP contribution is 2.21. The second-order valence-corrected chi connectivity index (χ2v) is 6.04. The van der Waals surface area contributed by atoms with Gasteiger partial charge in [0.2, 0.25) is 0 Å². The summed E-state index contributed by atoms with van der Waals surface area (Å²) < 4.78 is 0. The lowest BCUT2D eigenvalue weighted by Gasteiger charge is -2.25. The zero-order valence-electron chi connectivity index (χ0n) is 14.3. The summed E-state index contributed by atoms with van der Waals surface area (Å²) in [6.45, 7) is 0.571. The van der Waals surface area contributed by atoms with Crippen LogP contribution in [0.25, 0.3) is 0 Å². The Bertz CT molecular complexity index is 621. The number of nitrogens with zero attached hydrogens (tertiary/aromatic N) is 2. The number of carbonyl (C=O) groups excluding carboxylic acids is 1. The van der Waals surface area contributed by atoms with Crippen molar-refractivity contribution in [1.82, 2.24) is 10.2 Å². The molecular weight excluding hydrogens is 286 g/mol. The molecule has 0 fully saturated rings. The third kappa shape index (κ3) is 4.57. The van der Waals surface area contributed by atoms with Gasteiger partial charge in [-0.3, -0.25) is 4.79 Å². The molecule has 1 N–H and O–H groups in total. The van der Waals surface area contributed by atoms with Crippen LogP contribution in [-0.4, -0.2) is 45.5 Å². The van der Waals surface area contributed by atoms with Crippen LogP contribution in [0.5, 0.6) is 0 Å². The maximum Gasteiger partial charge on any atom is 0.251 e. The Hall–Kier alpha value is -2.33. The molecule has 0 bridgehead atoms. The van der Waals surface area contributed by atoms with Crippen LogP contribution in [0.2, 0.25) is 0 Å². The van der Waals surface area contributed by atoms with E-state index in [1.807, 2.05) is 58.5 Å². The van der Waals surface area contributed by atoms with E-state index in [9.17, 15) is 4.79 Å². The van der Waals surface area contributed by atoms with E-state index in [4.69, 9.17) is 0 Å². The second-order valence-electron chi connectivity index (χ2n) is 6.04. The van der Waals surface area contributed by atoms with E-state index in [2.05, 4.69) is 39.4 Å². The van der Waals surface area contributed by atoms with Gasteiger partial charge >= 0.3 is 0 Å². The van der Waals surface area contributed by atoms with Crippen LogP contribution in [0.3, 0.4) is 0 Å². The number of rotatable bonds is 6. The maximum absolute atomic E-state index is 12.2. The average molecular weight is 311 g/mol. The van der Waals surface area contributed by atoms with Crippen molar-refractivity contribution in [2.24, 2.45) is 0 Å². The molecule has 122 valence electrons. The standard InChI is InChI=1S/C19H25N3O/c1-21(2)17-12-10-15(11-13-17)18(22(3)4)14-20-19(23)16-8-6-5-7-9-16/h5-13,18H,14H2,1-4H3,(H,20,23)/t18-/m0/s1. The van der Waals surface area contributed by atoms with Crippen LogP contribution in [0.1, 0.15) is 22.0 Å². The van der Waals surface area contributed by atoms with Crippen LogP contribution in [0.15, 0.2) is 54.6 Å². The van der Waals surface area contributed by atoms with Crippen molar-refractivity contribution in [3.05, 3.63) is 65.7 Å². The van der Waals surface area contributed by atoms with Crippen LogP contribution in [0, 0.1) is 0 Å². The first-order valence-corrected chi connectivity index (χ1v) is 7.76. The van der Waals surface area contributed by atoms with E-state index in [-0.39, 0.29) is 11.9 Å². The molecule has 1 atom stereocenters. The van der Waals surface area contributed by atoms with Gasteiger partial charge in [-0.25, -0.2) is 0 Å². The highest BCUT2D eigenvalue weighted by atomic mass is 16.1. The molecule has 2 aromatic carbocycles. The van der Waals surface area contributed by atoms with Crippen molar-refractivity contribution in [2.45, 2.75) is 6.04 Å². The smallest absolute Gasteiger partial charge is 0.251 e. The molecule has 0 spiro atoms. The molecule has 4 nitrogen and oxygen atoms in total. The van der Waals surface area contributed by atoms with E-state index >= 15 is 0 Å². The predicted octanol–water partition coefficient (Wildman–Crippen LogP) is 2.79. The molecule has 1 amide bonds.